The number of carbonyl (C=O) groups is 2. The molecule has 0 saturated heterocycles. The smallest absolute Gasteiger partial charge is 0.347 e. The Hall–Kier alpha value is -1.06. The SMILES string of the molecule is CC(=O)O[C@@](C)(CC(C)C)C(=O)O. The number of hydrogen-bond acceptors (Lipinski definition) is 3. The van der Waals surface area contributed by atoms with Gasteiger partial charge in [0.1, 0.15) is 0 Å². The fraction of sp³-hybridized carbons (Fsp3) is 0.778. The maximum absolute atomic E-state index is 10.8. The van der Waals surface area contributed by atoms with Gasteiger partial charge in [-0.1, -0.05) is 13.8 Å². The molecule has 0 spiro atoms. The van der Waals surface area contributed by atoms with Gasteiger partial charge < -0.3 is 9.84 Å². The third-order valence-corrected chi connectivity index (χ3v) is 1.62. The van der Waals surface area contributed by atoms with Crippen LogP contribution < -0.4 is 0 Å². The molecule has 0 heterocycles. The molecule has 0 unspecified atom stereocenters. The highest BCUT2D eigenvalue weighted by Gasteiger charge is 2.37. The summed E-state index contributed by atoms with van der Waals surface area (Å²) in [7, 11) is 0. The van der Waals surface area contributed by atoms with Gasteiger partial charge in [-0.2, -0.15) is 0 Å². The molecule has 76 valence electrons. The van der Waals surface area contributed by atoms with Crippen molar-refractivity contribution < 1.29 is 19.4 Å². The normalized spacial score (nSPS) is 15.2. The van der Waals surface area contributed by atoms with Gasteiger partial charge in [0.25, 0.3) is 0 Å². The number of ether oxygens (including phenoxy) is 1. The van der Waals surface area contributed by atoms with E-state index < -0.39 is 17.5 Å². The number of esters is 1. The molecule has 0 amide bonds. The topological polar surface area (TPSA) is 63.6 Å². The molecule has 0 aromatic rings. The van der Waals surface area contributed by atoms with Gasteiger partial charge >= 0.3 is 11.9 Å². The zero-order chi connectivity index (χ0) is 10.6. The predicted molar refractivity (Wildman–Crippen MR) is 47.3 cm³/mol. The lowest BCUT2D eigenvalue weighted by molar-refractivity contribution is -0.176. The van der Waals surface area contributed by atoms with Crippen molar-refractivity contribution in [2.24, 2.45) is 5.92 Å². The molecule has 1 atom stereocenters. The highest BCUT2D eigenvalue weighted by atomic mass is 16.6. The summed E-state index contributed by atoms with van der Waals surface area (Å²) >= 11 is 0. The van der Waals surface area contributed by atoms with Crippen LogP contribution in [0.5, 0.6) is 0 Å². The summed E-state index contributed by atoms with van der Waals surface area (Å²) in [6.07, 6.45) is 0.321. The number of rotatable bonds is 4. The van der Waals surface area contributed by atoms with Gasteiger partial charge in [-0.15, -0.1) is 0 Å². The van der Waals surface area contributed by atoms with E-state index >= 15 is 0 Å². The summed E-state index contributed by atoms with van der Waals surface area (Å²) < 4.78 is 4.77. The van der Waals surface area contributed by atoms with E-state index in [1.807, 2.05) is 13.8 Å². The number of aliphatic carboxylic acids is 1. The second kappa shape index (κ2) is 4.25. The first-order valence-electron chi connectivity index (χ1n) is 4.21. The zero-order valence-electron chi connectivity index (χ0n) is 8.46. The van der Waals surface area contributed by atoms with Crippen LogP contribution in [-0.4, -0.2) is 22.6 Å². The molecule has 0 radical (unpaired) electrons. The summed E-state index contributed by atoms with van der Waals surface area (Å²) in [5.41, 5.74) is -1.39. The molecule has 0 aromatic heterocycles. The first kappa shape index (κ1) is 11.9. The first-order chi connectivity index (χ1) is 5.78. The Morgan fingerprint density at radius 2 is 1.92 bits per heavy atom. The van der Waals surface area contributed by atoms with Gasteiger partial charge in [0.2, 0.25) is 5.60 Å². The third kappa shape index (κ3) is 3.92. The molecule has 0 aliphatic rings. The van der Waals surface area contributed by atoms with Crippen LogP contribution >= 0.6 is 0 Å². The Balaban J connectivity index is 4.52. The minimum absolute atomic E-state index is 0.167. The minimum atomic E-state index is -1.39. The summed E-state index contributed by atoms with van der Waals surface area (Å²) in [4.78, 5) is 21.5. The fourth-order valence-corrected chi connectivity index (χ4v) is 1.27. The van der Waals surface area contributed by atoms with Crippen LogP contribution in [0.3, 0.4) is 0 Å². The Morgan fingerprint density at radius 1 is 1.46 bits per heavy atom. The molecule has 0 saturated carbocycles. The van der Waals surface area contributed by atoms with Crippen molar-refractivity contribution >= 4 is 11.9 Å². The average Bonchev–Trinajstić information content (AvgIpc) is 1.82. The Bertz CT molecular complexity index is 210. The molecule has 1 N–H and O–H groups in total. The molecule has 4 heteroatoms. The molecular formula is C9H16O4. The van der Waals surface area contributed by atoms with Crippen molar-refractivity contribution in [1.82, 2.24) is 0 Å². The van der Waals surface area contributed by atoms with E-state index in [1.54, 1.807) is 0 Å². The summed E-state index contributed by atoms with van der Waals surface area (Å²) in [6.45, 7) is 6.38. The Morgan fingerprint density at radius 3 is 2.15 bits per heavy atom. The Labute approximate surface area is 77.9 Å². The third-order valence-electron chi connectivity index (χ3n) is 1.62. The molecule has 0 aromatic carbocycles. The number of hydrogen-bond donors (Lipinski definition) is 1. The van der Waals surface area contributed by atoms with Crippen molar-refractivity contribution in [1.29, 1.82) is 0 Å². The molecule has 13 heavy (non-hydrogen) atoms. The fourth-order valence-electron chi connectivity index (χ4n) is 1.27. The van der Waals surface area contributed by atoms with E-state index in [9.17, 15) is 9.59 Å². The summed E-state index contributed by atoms with van der Waals surface area (Å²) in [6, 6.07) is 0. The summed E-state index contributed by atoms with van der Waals surface area (Å²) in [5, 5.41) is 8.85. The van der Waals surface area contributed by atoms with Crippen LogP contribution in [0.25, 0.3) is 0 Å². The summed E-state index contributed by atoms with van der Waals surface area (Å²) in [5.74, 6) is -1.50. The van der Waals surface area contributed by atoms with Crippen LogP contribution in [0.1, 0.15) is 34.1 Å². The van der Waals surface area contributed by atoms with Crippen molar-refractivity contribution in [3.05, 3.63) is 0 Å². The van der Waals surface area contributed by atoms with Gasteiger partial charge in [0.05, 0.1) is 0 Å². The second-order valence-electron chi connectivity index (χ2n) is 3.73. The first-order valence-corrected chi connectivity index (χ1v) is 4.21. The lowest BCUT2D eigenvalue weighted by Crippen LogP contribution is -2.41. The van der Waals surface area contributed by atoms with Gasteiger partial charge in [-0.25, -0.2) is 4.79 Å². The van der Waals surface area contributed by atoms with Crippen LogP contribution in [0.15, 0.2) is 0 Å². The van der Waals surface area contributed by atoms with Gasteiger partial charge in [-0.3, -0.25) is 4.79 Å². The van der Waals surface area contributed by atoms with Crippen LogP contribution in [0.4, 0.5) is 0 Å². The highest BCUT2D eigenvalue weighted by molar-refractivity contribution is 5.80. The second-order valence-corrected chi connectivity index (χ2v) is 3.73. The van der Waals surface area contributed by atoms with Gasteiger partial charge in [0.15, 0.2) is 0 Å². The van der Waals surface area contributed by atoms with Gasteiger partial charge in [0, 0.05) is 13.3 Å². The standard InChI is InChI=1S/C9H16O4/c1-6(2)5-9(4,8(11)12)13-7(3)10/h6H,5H2,1-4H3,(H,11,12)/t9-/m0/s1. The molecule has 4 nitrogen and oxygen atoms in total. The highest BCUT2D eigenvalue weighted by Crippen LogP contribution is 2.21. The predicted octanol–water partition coefficient (Wildman–Crippen LogP) is 1.44. The van der Waals surface area contributed by atoms with Crippen molar-refractivity contribution in [3.8, 4) is 0 Å². The molecule has 0 aliphatic heterocycles. The van der Waals surface area contributed by atoms with E-state index in [1.165, 1.54) is 13.8 Å². The van der Waals surface area contributed by atoms with E-state index in [-0.39, 0.29) is 5.92 Å². The monoisotopic (exact) mass is 188 g/mol. The van der Waals surface area contributed by atoms with Crippen molar-refractivity contribution in [2.75, 3.05) is 0 Å². The minimum Gasteiger partial charge on any atom is -0.478 e. The molecular weight excluding hydrogens is 172 g/mol. The Kier molecular flexibility index (Phi) is 3.91. The largest absolute Gasteiger partial charge is 0.478 e. The maximum atomic E-state index is 10.8. The lowest BCUT2D eigenvalue weighted by Gasteiger charge is -2.25. The van der Waals surface area contributed by atoms with Crippen molar-refractivity contribution in [2.45, 2.75) is 39.7 Å². The van der Waals surface area contributed by atoms with E-state index in [4.69, 9.17) is 9.84 Å². The molecule has 0 fully saturated rings. The maximum Gasteiger partial charge on any atom is 0.347 e. The molecule has 0 bridgehead atoms. The van der Waals surface area contributed by atoms with Crippen molar-refractivity contribution in [3.63, 3.8) is 0 Å². The molecule has 0 aliphatic carbocycles. The van der Waals surface area contributed by atoms with Crippen LogP contribution in [-0.2, 0) is 14.3 Å². The molecule has 0 rings (SSSR count). The average molecular weight is 188 g/mol. The quantitative estimate of drug-likeness (QED) is 0.678. The van der Waals surface area contributed by atoms with E-state index in [0.29, 0.717) is 6.42 Å². The van der Waals surface area contributed by atoms with Crippen LogP contribution in [0, 0.1) is 5.92 Å². The lowest BCUT2D eigenvalue weighted by atomic mass is 9.94. The number of carbonyl (C=O) groups excluding carboxylic acids is 1. The van der Waals surface area contributed by atoms with Crippen LogP contribution in [0.2, 0.25) is 0 Å². The number of carboxylic acids is 1. The van der Waals surface area contributed by atoms with E-state index in [2.05, 4.69) is 0 Å². The van der Waals surface area contributed by atoms with Gasteiger partial charge in [-0.05, 0) is 12.8 Å². The zero-order valence-corrected chi connectivity index (χ0v) is 8.46. The van der Waals surface area contributed by atoms with E-state index in [0.717, 1.165) is 0 Å². The number of carboxylic acid groups (broad SMARTS) is 1.